The molecular weight excluding hydrogens is 206 g/mol. The minimum atomic E-state index is -0.622. The molecular formula is C12H15NO3. The van der Waals surface area contributed by atoms with Gasteiger partial charge in [0.25, 0.3) is 0 Å². The van der Waals surface area contributed by atoms with E-state index in [1.165, 1.54) is 0 Å². The Balaban J connectivity index is 1.84. The summed E-state index contributed by atoms with van der Waals surface area (Å²) in [6.07, 6.45) is -0.622. The molecule has 86 valence electrons. The molecule has 1 aromatic rings. The average molecular weight is 221 g/mol. The number of hydrogen-bond acceptors (Lipinski definition) is 4. The predicted octanol–water partition coefficient (Wildman–Crippen LogP) is 0.310. The van der Waals surface area contributed by atoms with Crippen LogP contribution in [0.25, 0.3) is 0 Å². The van der Waals surface area contributed by atoms with E-state index in [0.717, 1.165) is 5.56 Å². The zero-order valence-corrected chi connectivity index (χ0v) is 8.93. The fraction of sp³-hybridized carbons (Fsp3) is 0.417. The Morgan fingerprint density at radius 2 is 2.12 bits per heavy atom. The highest BCUT2D eigenvalue weighted by Crippen LogP contribution is 2.12. The zero-order chi connectivity index (χ0) is 11.4. The third-order valence-electron chi connectivity index (χ3n) is 2.71. The number of β-amino-alcohol motifs (C(OH)–C–C–N with tert-alkyl or cyclic N) is 1. The monoisotopic (exact) mass is 221 g/mol. The van der Waals surface area contributed by atoms with Crippen LogP contribution >= 0.6 is 0 Å². The largest absolute Gasteiger partial charge is 0.460 e. The number of aliphatic hydroxyl groups is 1. The van der Waals surface area contributed by atoms with Crippen molar-refractivity contribution in [3.8, 4) is 0 Å². The Morgan fingerprint density at radius 1 is 1.38 bits per heavy atom. The number of benzene rings is 1. The first-order chi connectivity index (χ1) is 7.77. The number of carbonyl (C=O) groups excluding carboxylic acids is 1. The van der Waals surface area contributed by atoms with Gasteiger partial charge in [0.1, 0.15) is 6.61 Å². The van der Waals surface area contributed by atoms with Crippen LogP contribution in [-0.2, 0) is 16.1 Å². The fourth-order valence-corrected chi connectivity index (χ4v) is 1.74. The van der Waals surface area contributed by atoms with Crippen molar-refractivity contribution in [3.63, 3.8) is 0 Å². The summed E-state index contributed by atoms with van der Waals surface area (Å²) in [5.41, 5.74) is 0.955. The molecule has 1 saturated heterocycles. The number of hydrogen-bond donors (Lipinski definition) is 2. The van der Waals surface area contributed by atoms with Crippen molar-refractivity contribution in [1.82, 2.24) is 5.32 Å². The molecule has 1 heterocycles. The maximum Gasteiger partial charge on any atom is 0.313 e. The van der Waals surface area contributed by atoms with Crippen molar-refractivity contribution in [2.45, 2.75) is 12.7 Å². The highest BCUT2D eigenvalue weighted by Gasteiger charge is 2.32. The van der Waals surface area contributed by atoms with Gasteiger partial charge in [-0.1, -0.05) is 30.3 Å². The van der Waals surface area contributed by atoms with Gasteiger partial charge >= 0.3 is 5.97 Å². The molecule has 4 heteroatoms. The van der Waals surface area contributed by atoms with Crippen LogP contribution in [0.4, 0.5) is 0 Å². The van der Waals surface area contributed by atoms with Crippen LogP contribution in [0.1, 0.15) is 5.56 Å². The van der Waals surface area contributed by atoms with E-state index >= 15 is 0 Å². The minimum absolute atomic E-state index is 0.267. The Morgan fingerprint density at radius 3 is 2.75 bits per heavy atom. The maximum atomic E-state index is 11.6. The number of aliphatic hydroxyl groups excluding tert-OH is 1. The van der Waals surface area contributed by atoms with Gasteiger partial charge in [-0.05, 0) is 5.56 Å². The normalized spacial score (nSPS) is 24.3. The lowest BCUT2D eigenvalue weighted by Gasteiger charge is -2.12. The second-order valence-electron chi connectivity index (χ2n) is 3.93. The predicted molar refractivity (Wildman–Crippen MR) is 58.6 cm³/mol. The lowest BCUT2D eigenvalue weighted by Crippen LogP contribution is -2.28. The number of carbonyl (C=O) groups is 1. The van der Waals surface area contributed by atoms with Crippen molar-refractivity contribution in [1.29, 1.82) is 0 Å². The van der Waals surface area contributed by atoms with Gasteiger partial charge in [0.05, 0.1) is 12.0 Å². The summed E-state index contributed by atoms with van der Waals surface area (Å²) in [7, 11) is 0. The number of nitrogens with one attached hydrogen (secondary N) is 1. The van der Waals surface area contributed by atoms with E-state index in [1.807, 2.05) is 30.3 Å². The van der Waals surface area contributed by atoms with Crippen LogP contribution in [0.5, 0.6) is 0 Å². The molecule has 2 unspecified atom stereocenters. The first-order valence-corrected chi connectivity index (χ1v) is 5.36. The Kier molecular flexibility index (Phi) is 3.54. The second-order valence-corrected chi connectivity index (χ2v) is 3.93. The van der Waals surface area contributed by atoms with Gasteiger partial charge in [-0.3, -0.25) is 4.79 Å². The Bertz CT molecular complexity index is 353. The summed E-state index contributed by atoms with van der Waals surface area (Å²) in [6, 6.07) is 9.51. The Labute approximate surface area is 94.2 Å². The van der Waals surface area contributed by atoms with Gasteiger partial charge in [0.15, 0.2) is 0 Å². The summed E-state index contributed by atoms with van der Waals surface area (Å²) in [5.74, 6) is -0.759. The molecule has 0 saturated carbocycles. The highest BCUT2D eigenvalue weighted by atomic mass is 16.5. The van der Waals surface area contributed by atoms with Gasteiger partial charge in [0, 0.05) is 13.1 Å². The van der Waals surface area contributed by atoms with E-state index in [-0.39, 0.29) is 12.6 Å². The third-order valence-corrected chi connectivity index (χ3v) is 2.71. The van der Waals surface area contributed by atoms with E-state index < -0.39 is 12.0 Å². The standard InChI is InChI=1S/C12H15NO3/c14-11-7-13-6-10(11)12(15)16-8-9-4-2-1-3-5-9/h1-5,10-11,13-14H,6-8H2. The smallest absolute Gasteiger partial charge is 0.313 e. The molecule has 4 nitrogen and oxygen atoms in total. The molecule has 2 atom stereocenters. The SMILES string of the molecule is O=C(OCc1ccccc1)C1CNCC1O. The molecule has 1 aromatic carbocycles. The molecule has 1 aliphatic rings. The van der Waals surface area contributed by atoms with E-state index in [1.54, 1.807) is 0 Å². The number of rotatable bonds is 3. The van der Waals surface area contributed by atoms with Gasteiger partial charge in [-0.2, -0.15) is 0 Å². The van der Waals surface area contributed by atoms with Gasteiger partial charge in [-0.15, -0.1) is 0 Å². The second kappa shape index (κ2) is 5.09. The zero-order valence-electron chi connectivity index (χ0n) is 8.93. The quantitative estimate of drug-likeness (QED) is 0.721. The summed E-state index contributed by atoms with van der Waals surface area (Å²) in [4.78, 5) is 11.6. The Hall–Kier alpha value is -1.39. The van der Waals surface area contributed by atoms with Crippen molar-refractivity contribution in [2.75, 3.05) is 13.1 Å². The van der Waals surface area contributed by atoms with Crippen molar-refractivity contribution < 1.29 is 14.6 Å². The van der Waals surface area contributed by atoms with Crippen LogP contribution in [0.2, 0.25) is 0 Å². The molecule has 0 bridgehead atoms. The van der Waals surface area contributed by atoms with E-state index in [2.05, 4.69) is 5.32 Å². The lowest BCUT2D eigenvalue weighted by atomic mass is 10.1. The van der Waals surface area contributed by atoms with Crippen LogP contribution < -0.4 is 5.32 Å². The van der Waals surface area contributed by atoms with E-state index in [9.17, 15) is 9.90 Å². The molecule has 2 rings (SSSR count). The van der Waals surface area contributed by atoms with Gasteiger partial charge in [-0.25, -0.2) is 0 Å². The first-order valence-electron chi connectivity index (χ1n) is 5.36. The minimum Gasteiger partial charge on any atom is -0.460 e. The number of esters is 1. The summed E-state index contributed by atoms with van der Waals surface area (Å²) in [5, 5.41) is 12.4. The maximum absolute atomic E-state index is 11.6. The van der Waals surface area contributed by atoms with Crippen molar-refractivity contribution in [3.05, 3.63) is 35.9 Å². The van der Waals surface area contributed by atoms with Gasteiger partial charge in [0.2, 0.25) is 0 Å². The van der Waals surface area contributed by atoms with Crippen LogP contribution in [-0.4, -0.2) is 30.3 Å². The number of ether oxygens (including phenoxy) is 1. The summed E-state index contributed by atoms with van der Waals surface area (Å²) >= 11 is 0. The van der Waals surface area contributed by atoms with Crippen LogP contribution in [0.3, 0.4) is 0 Å². The fourth-order valence-electron chi connectivity index (χ4n) is 1.74. The van der Waals surface area contributed by atoms with E-state index in [0.29, 0.717) is 13.1 Å². The molecule has 0 aromatic heterocycles. The lowest BCUT2D eigenvalue weighted by molar-refractivity contribution is -0.152. The molecule has 0 radical (unpaired) electrons. The molecule has 0 aliphatic carbocycles. The van der Waals surface area contributed by atoms with Crippen LogP contribution in [0, 0.1) is 5.92 Å². The summed E-state index contributed by atoms with van der Waals surface area (Å²) < 4.78 is 5.14. The highest BCUT2D eigenvalue weighted by molar-refractivity contribution is 5.73. The third kappa shape index (κ3) is 2.59. The summed E-state index contributed by atoms with van der Waals surface area (Å²) in [6.45, 7) is 1.22. The topological polar surface area (TPSA) is 58.6 Å². The molecule has 1 aliphatic heterocycles. The first kappa shape index (κ1) is 11.1. The van der Waals surface area contributed by atoms with Crippen molar-refractivity contribution in [2.24, 2.45) is 5.92 Å². The molecule has 2 N–H and O–H groups in total. The van der Waals surface area contributed by atoms with E-state index in [4.69, 9.17) is 4.74 Å². The average Bonchev–Trinajstić information content (AvgIpc) is 2.74. The van der Waals surface area contributed by atoms with Crippen LogP contribution in [0.15, 0.2) is 30.3 Å². The van der Waals surface area contributed by atoms with Crippen molar-refractivity contribution >= 4 is 5.97 Å². The molecule has 0 amide bonds. The molecule has 1 fully saturated rings. The van der Waals surface area contributed by atoms with Gasteiger partial charge < -0.3 is 15.2 Å². The molecule has 16 heavy (non-hydrogen) atoms. The molecule has 0 spiro atoms.